The van der Waals surface area contributed by atoms with Crippen LogP contribution in [0.3, 0.4) is 0 Å². The lowest BCUT2D eigenvalue weighted by molar-refractivity contribution is -0.161. The fourth-order valence-corrected chi connectivity index (χ4v) is 12.8. The van der Waals surface area contributed by atoms with Gasteiger partial charge < -0.3 is 33.8 Å². The third-order valence-electron chi connectivity index (χ3n) is 17.3. The summed E-state index contributed by atoms with van der Waals surface area (Å²) in [6, 6.07) is 0. The molecular weight excluding hydrogens is 1280 g/mol. The van der Waals surface area contributed by atoms with Crippen molar-refractivity contribution in [2.75, 3.05) is 39.6 Å². The zero-order chi connectivity index (χ0) is 71.8. The molecule has 0 fully saturated rings. The molecule has 0 aromatic carbocycles. The predicted octanol–water partition coefficient (Wildman–Crippen LogP) is 22.9. The van der Waals surface area contributed by atoms with Gasteiger partial charge in [0.25, 0.3) is 0 Å². The average molecular weight is 1430 g/mol. The summed E-state index contributed by atoms with van der Waals surface area (Å²) in [6.07, 6.45) is 69.4. The van der Waals surface area contributed by atoms with Crippen LogP contribution in [-0.2, 0) is 65.4 Å². The van der Waals surface area contributed by atoms with E-state index >= 15 is 0 Å². The molecule has 5 atom stereocenters. The van der Waals surface area contributed by atoms with E-state index in [9.17, 15) is 43.2 Å². The number of esters is 4. The molecule has 0 amide bonds. The number of ether oxygens (including phenoxy) is 4. The SMILES string of the molecule is CC/C=C\C/C=C\C/C=C\CCCCCCCCCC(=O)OCC(COP(=O)(O)OCC(O)COP(=O)(O)OCC(COC(=O)CCCCCCCCCCCCCCCCC)OC(=O)CCCCCCC/C=C\CCCCCC)OC(=O)CCCCCCCCCCCCCCC. The Balaban J connectivity index is 5.29. The van der Waals surface area contributed by atoms with E-state index in [-0.39, 0.29) is 25.7 Å². The number of aliphatic hydroxyl groups is 1. The summed E-state index contributed by atoms with van der Waals surface area (Å²) in [6.45, 7) is 4.82. The second-order valence-electron chi connectivity index (χ2n) is 27.0. The first-order valence-electron chi connectivity index (χ1n) is 39.9. The molecule has 0 radical (unpaired) electrons. The van der Waals surface area contributed by atoms with Crippen LogP contribution in [0.5, 0.6) is 0 Å². The molecule has 574 valence electrons. The Kier molecular flexibility index (Phi) is 70.2. The number of allylic oxidation sites excluding steroid dienone is 8. The van der Waals surface area contributed by atoms with Gasteiger partial charge in [0.15, 0.2) is 12.2 Å². The Morgan fingerprint density at radius 1 is 0.296 bits per heavy atom. The van der Waals surface area contributed by atoms with Crippen molar-refractivity contribution in [3.63, 3.8) is 0 Å². The minimum atomic E-state index is -4.97. The molecule has 0 aliphatic carbocycles. The molecule has 0 bridgehead atoms. The summed E-state index contributed by atoms with van der Waals surface area (Å²) < 4.78 is 68.6. The molecule has 0 saturated heterocycles. The molecule has 5 unspecified atom stereocenters. The molecule has 0 heterocycles. The number of carbonyl (C=O) groups is 4. The minimum absolute atomic E-state index is 0.0919. The van der Waals surface area contributed by atoms with Crippen LogP contribution in [0.4, 0.5) is 0 Å². The largest absolute Gasteiger partial charge is 0.472 e. The smallest absolute Gasteiger partial charge is 0.462 e. The predicted molar refractivity (Wildman–Crippen MR) is 400 cm³/mol. The molecule has 19 heteroatoms. The second kappa shape index (κ2) is 72.4. The van der Waals surface area contributed by atoms with E-state index in [4.69, 9.17) is 37.0 Å². The Hall–Kier alpha value is -2.98. The Bertz CT molecular complexity index is 2050. The van der Waals surface area contributed by atoms with Crippen LogP contribution in [0.25, 0.3) is 0 Å². The first-order valence-corrected chi connectivity index (χ1v) is 42.9. The van der Waals surface area contributed by atoms with E-state index in [0.717, 1.165) is 148 Å². The highest BCUT2D eigenvalue weighted by Gasteiger charge is 2.30. The van der Waals surface area contributed by atoms with Gasteiger partial charge in [-0.25, -0.2) is 9.13 Å². The molecule has 0 spiro atoms. The molecule has 0 aliphatic heterocycles. The molecular formula is C79H146O17P2. The van der Waals surface area contributed by atoms with Gasteiger partial charge in [-0.2, -0.15) is 0 Å². The van der Waals surface area contributed by atoms with Crippen LogP contribution < -0.4 is 0 Å². The minimum Gasteiger partial charge on any atom is -0.462 e. The van der Waals surface area contributed by atoms with E-state index in [0.29, 0.717) is 25.7 Å². The quantitative estimate of drug-likeness (QED) is 0.0169. The van der Waals surface area contributed by atoms with Gasteiger partial charge in [-0.05, 0) is 83.5 Å². The monoisotopic (exact) mass is 1430 g/mol. The molecule has 0 aromatic heterocycles. The topological polar surface area (TPSA) is 237 Å². The summed E-state index contributed by atoms with van der Waals surface area (Å²) in [5.74, 6) is -2.15. The number of aliphatic hydroxyl groups excluding tert-OH is 1. The molecule has 17 nitrogen and oxygen atoms in total. The highest BCUT2D eigenvalue weighted by atomic mass is 31.2. The number of rotatable bonds is 76. The third-order valence-corrected chi connectivity index (χ3v) is 19.2. The normalized spacial score (nSPS) is 14.2. The molecule has 0 saturated carbocycles. The van der Waals surface area contributed by atoms with Crippen LogP contribution in [0.2, 0.25) is 0 Å². The maximum absolute atomic E-state index is 13.1. The lowest BCUT2D eigenvalue weighted by Crippen LogP contribution is -2.30. The number of unbranched alkanes of at least 4 members (excludes halogenated alkanes) is 42. The van der Waals surface area contributed by atoms with Crippen molar-refractivity contribution in [2.24, 2.45) is 0 Å². The third kappa shape index (κ3) is 71.4. The summed E-state index contributed by atoms with van der Waals surface area (Å²) in [4.78, 5) is 72.9. The van der Waals surface area contributed by atoms with Crippen LogP contribution in [0.1, 0.15) is 374 Å². The van der Waals surface area contributed by atoms with E-state index in [1.165, 1.54) is 148 Å². The summed E-state index contributed by atoms with van der Waals surface area (Å²) in [5.41, 5.74) is 0. The lowest BCUT2D eigenvalue weighted by Gasteiger charge is -2.21. The number of hydrogen-bond donors (Lipinski definition) is 3. The standard InChI is InChI=1S/C79H146O17P2/c1-5-9-13-17-21-25-29-33-35-36-38-42-44-48-52-56-60-64-77(82)90-70-75(96-79(84)66-62-58-54-50-46-40-32-28-24-20-16-12-8-4)72-94-98(87,88)92-68-73(80)67-91-97(85,86)93-71-74(95-78(83)65-61-57-53-49-45-39-31-27-23-19-15-11-7-3)69-89-76(81)63-59-55-51-47-43-41-37-34-30-26-22-18-14-10-6-2/h9,13,21,25,27,31,33,35,73-75,80H,5-8,10-12,14-20,22-24,26,28-30,32,34,36-72H2,1-4H3,(H,85,86)(H,87,88)/b13-9-,25-21-,31-27-,35-33-. The van der Waals surface area contributed by atoms with Crippen LogP contribution in [-0.4, -0.2) is 96.7 Å². The van der Waals surface area contributed by atoms with Gasteiger partial charge >= 0.3 is 39.5 Å². The van der Waals surface area contributed by atoms with Crippen LogP contribution >= 0.6 is 15.6 Å². The zero-order valence-corrected chi connectivity index (χ0v) is 64.5. The number of phosphoric acid groups is 2. The molecule has 98 heavy (non-hydrogen) atoms. The van der Waals surface area contributed by atoms with Gasteiger partial charge in [0.2, 0.25) is 0 Å². The van der Waals surface area contributed by atoms with Crippen LogP contribution in [0, 0.1) is 0 Å². The fraction of sp³-hybridized carbons (Fsp3) is 0.848. The summed E-state index contributed by atoms with van der Waals surface area (Å²) >= 11 is 0. The van der Waals surface area contributed by atoms with Crippen molar-refractivity contribution >= 4 is 39.5 Å². The first kappa shape index (κ1) is 95.0. The van der Waals surface area contributed by atoms with E-state index < -0.39 is 97.5 Å². The molecule has 0 rings (SSSR count). The van der Waals surface area contributed by atoms with E-state index in [1.54, 1.807) is 0 Å². The number of phosphoric ester groups is 2. The highest BCUT2D eigenvalue weighted by Crippen LogP contribution is 2.45. The van der Waals surface area contributed by atoms with Gasteiger partial charge in [0.1, 0.15) is 19.3 Å². The zero-order valence-electron chi connectivity index (χ0n) is 62.7. The van der Waals surface area contributed by atoms with Crippen molar-refractivity contribution < 1.29 is 80.2 Å². The maximum Gasteiger partial charge on any atom is 0.472 e. The fourth-order valence-electron chi connectivity index (χ4n) is 11.2. The molecule has 0 aliphatic rings. The van der Waals surface area contributed by atoms with E-state index in [1.807, 2.05) is 0 Å². The Morgan fingerprint density at radius 3 is 0.837 bits per heavy atom. The van der Waals surface area contributed by atoms with Crippen molar-refractivity contribution in [3.8, 4) is 0 Å². The maximum atomic E-state index is 13.1. The second-order valence-corrected chi connectivity index (χ2v) is 29.9. The van der Waals surface area contributed by atoms with Gasteiger partial charge in [0, 0.05) is 25.7 Å². The van der Waals surface area contributed by atoms with Crippen molar-refractivity contribution in [1.82, 2.24) is 0 Å². The van der Waals surface area contributed by atoms with Crippen LogP contribution in [0.15, 0.2) is 48.6 Å². The highest BCUT2D eigenvalue weighted by molar-refractivity contribution is 7.47. The van der Waals surface area contributed by atoms with Crippen molar-refractivity contribution in [3.05, 3.63) is 48.6 Å². The lowest BCUT2D eigenvalue weighted by atomic mass is 10.0. The Labute approximate surface area is 597 Å². The van der Waals surface area contributed by atoms with E-state index in [2.05, 4.69) is 76.3 Å². The summed E-state index contributed by atoms with van der Waals surface area (Å²) in [7, 11) is -9.93. The van der Waals surface area contributed by atoms with Gasteiger partial charge in [0.05, 0.1) is 26.4 Å². The summed E-state index contributed by atoms with van der Waals surface area (Å²) in [5, 5.41) is 10.6. The van der Waals surface area contributed by atoms with Gasteiger partial charge in [-0.1, -0.05) is 314 Å². The number of hydrogen-bond acceptors (Lipinski definition) is 15. The Morgan fingerprint density at radius 2 is 0.531 bits per heavy atom. The molecule has 0 aromatic rings. The van der Waals surface area contributed by atoms with Crippen molar-refractivity contribution in [1.29, 1.82) is 0 Å². The average Bonchev–Trinajstić information content (AvgIpc) is 0.969. The van der Waals surface area contributed by atoms with Crippen molar-refractivity contribution in [2.45, 2.75) is 393 Å². The van der Waals surface area contributed by atoms with Gasteiger partial charge in [-0.15, -0.1) is 0 Å². The van der Waals surface area contributed by atoms with Gasteiger partial charge in [-0.3, -0.25) is 37.3 Å². The molecule has 3 N–H and O–H groups in total. The number of carbonyl (C=O) groups excluding carboxylic acids is 4. The first-order chi connectivity index (χ1) is 47.7.